The Hall–Kier alpha value is -2.31. The molecule has 0 aromatic heterocycles. The van der Waals surface area contributed by atoms with E-state index in [1.54, 1.807) is 0 Å². The number of para-hydroxylation sites is 1. The molecule has 0 fully saturated rings. The fourth-order valence-corrected chi connectivity index (χ4v) is 4.34. The van der Waals surface area contributed by atoms with Gasteiger partial charge in [0.25, 0.3) is 0 Å². The van der Waals surface area contributed by atoms with E-state index in [0.29, 0.717) is 6.54 Å². The summed E-state index contributed by atoms with van der Waals surface area (Å²) < 4.78 is 0. The van der Waals surface area contributed by atoms with Gasteiger partial charge in [-0.2, -0.15) is 0 Å². The second-order valence-electron chi connectivity index (χ2n) is 6.80. The summed E-state index contributed by atoms with van der Waals surface area (Å²) in [6, 6.07) is 15.9. The summed E-state index contributed by atoms with van der Waals surface area (Å²) in [6.45, 7) is 7.64. The quantitative estimate of drug-likeness (QED) is 0.714. The SMILES string of the molecule is CCN(CC)Cc1ccccc1CNC(=O)CC1Sc2ccccc2NC1=O. The molecule has 0 spiro atoms. The predicted octanol–water partition coefficient (Wildman–Crippen LogP) is 3.65. The van der Waals surface area contributed by atoms with Crippen LogP contribution in [0.3, 0.4) is 0 Å². The molecule has 6 heteroatoms. The van der Waals surface area contributed by atoms with Crippen LogP contribution in [0.4, 0.5) is 5.69 Å². The fraction of sp³-hybridized carbons (Fsp3) is 0.364. The minimum absolute atomic E-state index is 0.107. The van der Waals surface area contributed by atoms with Crippen molar-refractivity contribution in [2.45, 2.75) is 43.5 Å². The van der Waals surface area contributed by atoms with Gasteiger partial charge < -0.3 is 10.6 Å². The number of nitrogens with zero attached hydrogens (tertiary/aromatic N) is 1. The van der Waals surface area contributed by atoms with Gasteiger partial charge in [-0.15, -0.1) is 11.8 Å². The van der Waals surface area contributed by atoms with Crippen molar-refractivity contribution >= 4 is 29.3 Å². The number of carbonyl (C=O) groups excluding carboxylic acids is 2. The van der Waals surface area contributed by atoms with Crippen LogP contribution in [-0.2, 0) is 22.7 Å². The van der Waals surface area contributed by atoms with Crippen LogP contribution in [0.2, 0.25) is 0 Å². The molecule has 0 saturated heterocycles. The van der Waals surface area contributed by atoms with E-state index in [9.17, 15) is 9.59 Å². The van der Waals surface area contributed by atoms with Crippen molar-refractivity contribution in [3.63, 3.8) is 0 Å². The Morgan fingerprint density at radius 2 is 1.75 bits per heavy atom. The molecule has 1 aliphatic heterocycles. The number of hydrogen-bond donors (Lipinski definition) is 2. The van der Waals surface area contributed by atoms with E-state index in [4.69, 9.17) is 0 Å². The Balaban J connectivity index is 1.57. The van der Waals surface area contributed by atoms with E-state index < -0.39 is 5.25 Å². The zero-order valence-electron chi connectivity index (χ0n) is 16.4. The molecule has 0 bridgehead atoms. The molecule has 0 aliphatic carbocycles. The smallest absolute Gasteiger partial charge is 0.238 e. The normalized spacial score (nSPS) is 15.8. The minimum atomic E-state index is -0.402. The lowest BCUT2D eigenvalue weighted by Crippen LogP contribution is -2.34. The van der Waals surface area contributed by atoms with E-state index in [2.05, 4.69) is 41.5 Å². The van der Waals surface area contributed by atoms with Crippen LogP contribution in [0.1, 0.15) is 31.4 Å². The van der Waals surface area contributed by atoms with Gasteiger partial charge in [0.1, 0.15) is 0 Å². The summed E-state index contributed by atoms with van der Waals surface area (Å²) in [6.07, 6.45) is 0.170. The number of carbonyl (C=O) groups is 2. The molecule has 1 unspecified atom stereocenters. The Kier molecular flexibility index (Phi) is 7.12. The van der Waals surface area contributed by atoms with Gasteiger partial charge in [-0.25, -0.2) is 0 Å². The number of amides is 2. The molecule has 1 aliphatic rings. The van der Waals surface area contributed by atoms with Crippen molar-refractivity contribution in [2.75, 3.05) is 18.4 Å². The standard InChI is InChI=1S/C22H27N3O2S/c1-3-25(4-2)15-17-10-6-5-9-16(17)14-23-21(26)13-20-22(27)24-18-11-7-8-12-19(18)28-20/h5-12,20H,3-4,13-15H2,1-2H3,(H,23,26)(H,24,27). The van der Waals surface area contributed by atoms with Crippen LogP contribution < -0.4 is 10.6 Å². The van der Waals surface area contributed by atoms with Crippen LogP contribution in [0, 0.1) is 0 Å². The van der Waals surface area contributed by atoms with Crippen LogP contribution >= 0.6 is 11.8 Å². The number of thioether (sulfide) groups is 1. The lowest BCUT2D eigenvalue weighted by molar-refractivity contribution is -0.124. The first-order valence-electron chi connectivity index (χ1n) is 9.73. The van der Waals surface area contributed by atoms with Gasteiger partial charge in [0.05, 0.1) is 10.9 Å². The maximum atomic E-state index is 12.5. The molecule has 148 valence electrons. The second kappa shape index (κ2) is 9.75. The highest BCUT2D eigenvalue weighted by Crippen LogP contribution is 2.36. The molecular weight excluding hydrogens is 370 g/mol. The largest absolute Gasteiger partial charge is 0.352 e. The first-order chi connectivity index (χ1) is 13.6. The molecule has 2 N–H and O–H groups in total. The maximum Gasteiger partial charge on any atom is 0.238 e. The van der Waals surface area contributed by atoms with Gasteiger partial charge in [-0.05, 0) is 36.3 Å². The lowest BCUT2D eigenvalue weighted by atomic mass is 10.1. The van der Waals surface area contributed by atoms with Crippen molar-refractivity contribution in [3.8, 4) is 0 Å². The van der Waals surface area contributed by atoms with Gasteiger partial charge in [-0.1, -0.05) is 50.2 Å². The molecule has 0 radical (unpaired) electrons. The molecule has 28 heavy (non-hydrogen) atoms. The highest BCUT2D eigenvalue weighted by molar-refractivity contribution is 8.01. The van der Waals surface area contributed by atoms with Crippen molar-refractivity contribution in [1.82, 2.24) is 10.2 Å². The second-order valence-corrected chi connectivity index (χ2v) is 8.05. The third-order valence-electron chi connectivity index (χ3n) is 4.96. The summed E-state index contributed by atoms with van der Waals surface area (Å²) in [5.41, 5.74) is 3.17. The molecule has 1 atom stereocenters. The lowest BCUT2D eigenvalue weighted by Gasteiger charge is -2.23. The van der Waals surface area contributed by atoms with Gasteiger partial charge in [-0.3, -0.25) is 14.5 Å². The summed E-state index contributed by atoms with van der Waals surface area (Å²) in [5, 5.41) is 5.48. The van der Waals surface area contributed by atoms with Crippen LogP contribution in [-0.4, -0.2) is 35.1 Å². The summed E-state index contributed by atoms with van der Waals surface area (Å²) in [4.78, 5) is 28.1. The van der Waals surface area contributed by atoms with Gasteiger partial charge in [0.15, 0.2) is 0 Å². The Morgan fingerprint density at radius 3 is 2.50 bits per heavy atom. The predicted molar refractivity (Wildman–Crippen MR) is 114 cm³/mol. The Morgan fingerprint density at radius 1 is 1.07 bits per heavy atom. The first kappa shape index (κ1) is 20.4. The van der Waals surface area contributed by atoms with E-state index in [1.807, 2.05) is 36.4 Å². The van der Waals surface area contributed by atoms with Crippen LogP contribution in [0.5, 0.6) is 0 Å². The Labute approximate surface area is 170 Å². The molecule has 2 aromatic rings. The molecular formula is C22H27N3O2S. The maximum absolute atomic E-state index is 12.5. The minimum Gasteiger partial charge on any atom is -0.352 e. The van der Waals surface area contributed by atoms with Crippen LogP contribution in [0.25, 0.3) is 0 Å². The molecule has 2 amide bonds. The molecule has 0 saturated carbocycles. The summed E-state index contributed by atoms with van der Waals surface area (Å²) >= 11 is 1.45. The third kappa shape index (κ3) is 5.14. The van der Waals surface area contributed by atoms with E-state index in [1.165, 1.54) is 17.3 Å². The zero-order valence-corrected chi connectivity index (χ0v) is 17.2. The average molecular weight is 398 g/mol. The van der Waals surface area contributed by atoms with Crippen molar-refractivity contribution in [2.24, 2.45) is 0 Å². The molecule has 5 nitrogen and oxygen atoms in total. The average Bonchev–Trinajstić information content (AvgIpc) is 2.71. The number of nitrogens with one attached hydrogen (secondary N) is 2. The van der Waals surface area contributed by atoms with E-state index in [0.717, 1.165) is 35.8 Å². The van der Waals surface area contributed by atoms with E-state index >= 15 is 0 Å². The van der Waals surface area contributed by atoms with Gasteiger partial charge in [0.2, 0.25) is 11.8 Å². The van der Waals surface area contributed by atoms with Crippen molar-refractivity contribution in [3.05, 3.63) is 59.7 Å². The Bertz CT molecular complexity index is 836. The summed E-state index contributed by atoms with van der Waals surface area (Å²) in [7, 11) is 0. The number of benzene rings is 2. The molecule has 2 aromatic carbocycles. The molecule has 3 rings (SSSR count). The number of hydrogen-bond acceptors (Lipinski definition) is 4. The van der Waals surface area contributed by atoms with Crippen LogP contribution in [0.15, 0.2) is 53.4 Å². The van der Waals surface area contributed by atoms with E-state index in [-0.39, 0.29) is 18.2 Å². The number of rotatable bonds is 8. The number of fused-ring (bicyclic) bond motifs is 1. The summed E-state index contributed by atoms with van der Waals surface area (Å²) in [5.74, 6) is -0.217. The third-order valence-corrected chi connectivity index (χ3v) is 6.24. The highest BCUT2D eigenvalue weighted by atomic mass is 32.2. The van der Waals surface area contributed by atoms with Crippen molar-refractivity contribution in [1.29, 1.82) is 0 Å². The zero-order chi connectivity index (χ0) is 19.9. The first-order valence-corrected chi connectivity index (χ1v) is 10.6. The monoisotopic (exact) mass is 397 g/mol. The fourth-order valence-electron chi connectivity index (χ4n) is 3.23. The van der Waals surface area contributed by atoms with Crippen molar-refractivity contribution < 1.29 is 9.59 Å². The molecule has 1 heterocycles. The van der Waals surface area contributed by atoms with Gasteiger partial charge >= 0.3 is 0 Å². The van der Waals surface area contributed by atoms with Gasteiger partial charge in [0, 0.05) is 24.4 Å². The number of anilines is 1. The highest BCUT2D eigenvalue weighted by Gasteiger charge is 2.28. The topological polar surface area (TPSA) is 61.4 Å².